The lowest BCUT2D eigenvalue weighted by molar-refractivity contribution is -0.148. The average Bonchev–Trinajstić information content (AvgIpc) is 3.01. The minimum absolute atomic E-state index is 0.0525. The van der Waals surface area contributed by atoms with E-state index in [4.69, 9.17) is 0 Å². The Balaban J connectivity index is 1.59. The van der Waals surface area contributed by atoms with Gasteiger partial charge in [0.1, 0.15) is 4.83 Å². The van der Waals surface area contributed by atoms with Crippen LogP contribution in [0.2, 0.25) is 0 Å². The molecule has 1 N–H and O–H groups in total. The molecule has 3 heterocycles. The molecule has 12 heteroatoms. The zero-order valence-electron chi connectivity index (χ0n) is 18.7. The molecule has 2 amide bonds. The Labute approximate surface area is 196 Å². The Morgan fingerprint density at radius 3 is 2.47 bits per heavy atom. The second-order valence-electron chi connectivity index (χ2n) is 9.70. The highest BCUT2D eigenvalue weighted by Gasteiger charge is 2.49. The number of hydrogen-bond acceptors (Lipinski definition) is 5. The predicted octanol–water partition coefficient (Wildman–Crippen LogP) is 2.45. The topological polar surface area (TPSA) is 93.4 Å². The van der Waals surface area contributed by atoms with E-state index in [1.807, 2.05) is 0 Å². The van der Waals surface area contributed by atoms with Gasteiger partial charge in [0, 0.05) is 30.6 Å². The summed E-state index contributed by atoms with van der Waals surface area (Å²) < 4.78 is 41.4. The van der Waals surface area contributed by atoms with Crippen LogP contribution in [0.3, 0.4) is 0 Å². The molecule has 2 aromatic heterocycles. The molecule has 1 saturated heterocycles. The Kier molecular flexibility index (Phi) is 5.41. The van der Waals surface area contributed by atoms with Gasteiger partial charge in [-0.15, -0.1) is 11.3 Å². The molecule has 2 aliphatic carbocycles. The van der Waals surface area contributed by atoms with E-state index in [2.05, 4.69) is 5.32 Å². The molecule has 1 aliphatic heterocycles. The second kappa shape index (κ2) is 7.96. The Morgan fingerprint density at radius 2 is 1.85 bits per heavy atom. The Hall–Kier alpha value is -2.63. The van der Waals surface area contributed by atoms with Crippen LogP contribution < -0.4 is 16.6 Å². The van der Waals surface area contributed by atoms with Crippen LogP contribution >= 0.6 is 11.3 Å². The summed E-state index contributed by atoms with van der Waals surface area (Å²) in [5.41, 5.74) is -0.477. The third kappa shape index (κ3) is 3.75. The molecule has 8 nitrogen and oxygen atoms in total. The van der Waals surface area contributed by atoms with Gasteiger partial charge in [-0.3, -0.25) is 23.5 Å². The fourth-order valence-electron chi connectivity index (χ4n) is 5.48. The number of carbonyl (C=O) groups excluding carboxylic acids is 2. The van der Waals surface area contributed by atoms with Crippen LogP contribution in [-0.2, 0) is 22.7 Å². The molecular weight excluding hydrogens is 473 g/mol. The highest BCUT2D eigenvalue weighted by atomic mass is 32.1. The first-order chi connectivity index (χ1) is 16.0. The van der Waals surface area contributed by atoms with Crippen LogP contribution in [0, 0.1) is 12.3 Å². The molecule has 34 heavy (non-hydrogen) atoms. The molecule has 2 aromatic rings. The molecule has 3 fully saturated rings. The van der Waals surface area contributed by atoms with Crippen LogP contribution in [0.1, 0.15) is 55.0 Å². The second-order valence-corrected chi connectivity index (χ2v) is 10.8. The summed E-state index contributed by atoms with van der Waals surface area (Å²) in [5, 5.41) is 2.69. The van der Waals surface area contributed by atoms with Crippen LogP contribution in [0.15, 0.2) is 9.59 Å². The number of nitrogens with one attached hydrogen (secondary N) is 1. The SMILES string of the molecule is Cc1c(CN2CCNC(=O)C2=O)sc2c1c(=O)n(C1CC3(CCC3)C1)c(=O)n2CCC(F)(F)F. The Bertz CT molecular complexity index is 1300. The monoisotopic (exact) mass is 498 g/mol. The van der Waals surface area contributed by atoms with Crippen LogP contribution in [0.5, 0.6) is 0 Å². The number of thiophene rings is 1. The maximum Gasteiger partial charge on any atom is 0.390 e. The third-order valence-electron chi connectivity index (χ3n) is 7.56. The van der Waals surface area contributed by atoms with Gasteiger partial charge in [0.05, 0.1) is 18.4 Å². The van der Waals surface area contributed by atoms with Gasteiger partial charge in [0.15, 0.2) is 0 Å². The van der Waals surface area contributed by atoms with Gasteiger partial charge in [0.25, 0.3) is 5.56 Å². The van der Waals surface area contributed by atoms with E-state index in [-0.39, 0.29) is 34.8 Å². The highest BCUT2D eigenvalue weighted by Crippen LogP contribution is 2.59. The third-order valence-corrected chi connectivity index (χ3v) is 8.86. The number of carbonyl (C=O) groups is 2. The number of aromatic nitrogens is 2. The number of hydrogen-bond donors (Lipinski definition) is 1. The number of rotatable bonds is 5. The number of halogens is 3. The van der Waals surface area contributed by atoms with Crippen molar-refractivity contribution >= 4 is 33.4 Å². The van der Waals surface area contributed by atoms with Gasteiger partial charge in [-0.1, -0.05) is 6.42 Å². The number of alkyl halides is 3. The normalized spacial score (nSPS) is 20.5. The van der Waals surface area contributed by atoms with E-state index >= 15 is 0 Å². The molecule has 0 radical (unpaired) electrons. The fraction of sp³-hybridized carbons (Fsp3) is 0.636. The summed E-state index contributed by atoms with van der Waals surface area (Å²) in [6, 6.07) is -0.308. The number of fused-ring (bicyclic) bond motifs is 1. The van der Waals surface area contributed by atoms with Crippen LogP contribution in [-0.4, -0.2) is 45.1 Å². The quantitative estimate of drug-likeness (QED) is 0.641. The van der Waals surface area contributed by atoms with E-state index in [9.17, 15) is 32.3 Å². The average molecular weight is 499 g/mol. The fourth-order valence-corrected chi connectivity index (χ4v) is 6.81. The summed E-state index contributed by atoms with van der Waals surface area (Å²) in [6.07, 6.45) is -1.02. The maximum atomic E-state index is 13.5. The first-order valence-electron chi connectivity index (χ1n) is 11.4. The minimum Gasteiger partial charge on any atom is -0.346 e. The molecule has 2 saturated carbocycles. The molecule has 5 rings (SSSR count). The Morgan fingerprint density at radius 1 is 1.15 bits per heavy atom. The van der Waals surface area contributed by atoms with E-state index in [0.717, 1.165) is 39.7 Å². The largest absolute Gasteiger partial charge is 0.390 e. The van der Waals surface area contributed by atoms with Gasteiger partial charge >= 0.3 is 23.7 Å². The van der Waals surface area contributed by atoms with Gasteiger partial charge in [0.2, 0.25) is 0 Å². The van der Waals surface area contributed by atoms with Crippen LogP contribution in [0.4, 0.5) is 13.2 Å². The maximum absolute atomic E-state index is 13.5. The van der Waals surface area contributed by atoms with Crippen molar-refractivity contribution in [1.29, 1.82) is 0 Å². The minimum atomic E-state index is -4.46. The van der Waals surface area contributed by atoms with Crippen LogP contribution in [0.25, 0.3) is 10.2 Å². The molecular formula is C22H25F3N4O4S. The summed E-state index contributed by atoms with van der Waals surface area (Å²) in [5.74, 6) is -1.42. The van der Waals surface area contributed by atoms with Gasteiger partial charge in [-0.25, -0.2) is 4.79 Å². The van der Waals surface area contributed by atoms with E-state index < -0.39 is 42.2 Å². The summed E-state index contributed by atoms with van der Waals surface area (Å²) in [7, 11) is 0. The van der Waals surface area contributed by atoms with Crippen molar-refractivity contribution in [3.63, 3.8) is 0 Å². The number of amides is 2. The predicted molar refractivity (Wildman–Crippen MR) is 119 cm³/mol. The first kappa shape index (κ1) is 23.1. The summed E-state index contributed by atoms with van der Waals surface area (Å²) in [6.45, 7) is 1.73. The van der Waals surface area contributed by atoms with Gasteiger partial charge in [-0.2, -0.15) is 13.2 Å². The van der Waals surface area contributed by atoms with Crippen molar-refractivity contribution in [2.24, 2.45) is 5.41 Å². The van der Waals surface area contributed by atoms with E-state index in [1.54, 1.807) is 6.92 Å². The van der Waals surface area contributed by atoms with Crippen molar-refractivity contribution in [3.8, 4) is 0 Å². The lowest BCUT2D eigenvalue weighted by atomic mass is 9.54. The molecule has 1 spiro atoms. The summed E-state index contributed by atoms with van der Waals surface area (Å²) in [4.78, 5) is 52.9. The van der Waals surface area contributed by atoms with Crippen molar-refractivity contribution < 1.29 is 22.8 Å². The van der Waals surface area contributed by atoms with E-state index in [1.165, 1.54) is 4.90 Å². The standard InChI is InChI=1S/C22H25F3N4O4S/c1-12-14(11-27-8-6-26-16(30)18(27)32)34-19-15(12)17(31)29(13-9-21(10-13)3-2-4-21)20(33)28(19)7-5-22(23,24)25/h13H,2-11H2,1H3,(H,26,30). The number of aryl methyl sites for hydroxylation is 2. The lowest BCUT2D eigenvalue weighted by Crippen LogP contribution is -2.51. The lowest BCUT2D eigenvalue weighted by Gasteiger charge is -2.54. The van der Waals surface area contributed by atoms with Gasteiger partial charge in [-0.05, 0) is 43.6 Å². The number of nitrogens with zero attached hydrogens (tertiary/aromatic N) is 3. The first-order valence-corrected chi connectivity index (χ1v) is 12.2. The molecule has 184 valence electrons. The molecule has 0 atom stereocenters. The smallest absolute Gasteiger partial charge is 0.346 e. The van der Waals surface area contributed by atoms with Crippen molar-refractivity contribution in [1.82, 2.24) is 19.4 Å². The molecule has 0 bridgehead atoms. The van der Waals surface area contributed by atoms with Gasteiger partial charge < -0.3 is 10.2 Å². The molecule has 0 unspecified atom stereocenters. The van der Waals surface area contributed by atoms with E-state index in [0.29, 0.717) is 29.8 Å². The van der Waals surface area contributed by atoms with Crippen molar-refractivity contribution in [2.75, 3.05) is 13.1 Å². The molecule has 3 aliphatic rings. The summed E-state index contributed by atoms with van der Waals surface area (Å²) >= 11 is 1.04. The zero-order chi connectivity index (χ0) is 24.4. The highest BCUT2D eigenvalue weighted by molar-refractivity contribution is 7.18. The molecule has 0 aromatic carbocycles. The number of piperazine rings is 1. The van der Waals surface area contributed by atoms with Crippen molar-refractivity contribution in [3.05, 3.63) is 31.3 Å². The zero-order valence-corrected chi connectivity index (χ0v) is 19.5. The van der Waals surface area contributed by atoms with Crippen molar-refractivity contribution in [2.45, 2.75) is 70.8 Å².